The molecule has 4 rings (SSSR count). The summed E-state index contributed by atoms with van der Waals surface area (Å²) < 4.78 is 78.5. The number of ether oxygens (including phenoxy) is 2. The van der Waals surface area contributed by atoms with Gasteiger partial charge in [0.1, 0.15) is 24.1 Å². The number of nitrogens with zero attached hydrogens (tertiary/aromatic N) is 1. The minimum atomic E-state index is -2.87. The second-order valence-corrected chi connectivity index (χ2v) is 8.78. The van der Waals surface area contributed by atoms with Gasteiger partial charge in [0.2, 0.25) is 5.91 Å². The van der Waals surface area contributed by atoms with E-state index in [0.29, 0.717) is 6.07 Å². The molecular formula is C24H23F5N2O4. The molecule has 35 heavy (non-hydrogen) atoms. The summed E-state index contributed by atoms with van der Waals surface area (Å²) >= 11 is 0. The second-order valence-electron chi connectivity index (χ2n) is 8.78. The summed E-state index contributed by atoms with van der Waals surface area (Å²) in [4.78, 5) is 26.1. The highest BCUT2D eigenvalue weighted by molar-refractivity contribution is 5.79. The molecule has 2 aromatic carbocycles. The minimum absolute atomic E-state index is 0.0149. The van der Waals surface area contributed by atoms with Crippen molar-refractivity contribution in [2.75, 3.05) is 19.8 Å². The van der Waals surface area contributed by atoms with Gasteiger partial charge in [0.15, 0.2) is 6.61 Å². The molecule has 1 N–H and O–H groups in total. The summed E-state index contributed by atoms with van der Waals surface area (Å²) in [6.45, 7) is 0.379. The van der Waals surface area contributed by atoms with Crippen molar-refractivity contribution in [3.05, 3.63) is 59.4 Å². The van der Waals surface area contributed by atoms with E-state index in [9.17, 15) is 27.2 Å². The summed E-state index contributed by atoms with van der Waals surface area (Å²) in [7, 11) is 0. The molecule has 0 aliphatic carbocycles. The average molecular weight is 498 g/mol. The molecule has 2 aliphatic rings. The zero-order valence-corrected chi connectivity index (χ0v) is 18.7. The molecule has 0 saturated carbocycles. The van der Waals surface area contributed by atoms with Gasteiger partial charge in [0.05, 0.1) is 18.2 Å². The molecule has 3 atom stereocenters. The largest absolute Gasteiger partial charge is 0.443 e. The number of benzene rings is 2. The maximum atomic E-state index is 15.6. The van der Waals surface area contributed by atoms with Gasteiger partial charge in [-0.05, 0) is 43.0 Å². The van der Waals surface area contributed by atoms with Crippen molar-refractivity contribution in [1.82, 2.24) is 10.2 Å². The Balaban J connectivity index is 1.71. The zero-order valence-electron chi connectivity index (χ0n) is 18.7. The van der Waals surface area contributed by atoms with Crippen LogP contribution in [0.5, 0.6) is 0 Å². The van der Waals surface area contributed by atoms with Gasteiger partial charge in [-0.15, -0.1) is 0 Å². The molecule has 0 unspecified atom stereocenters. The predicted molar refractivity (Wildman–Crippen MR) is 114 cm³/mol. The van der Waals surface area contributed by atoms with Crippen molar-refractivity contribution < 1.29 is 41.0 Å². The van der Waals surface area contributed by atoms with E-state index < -0.39 is 60.1 Å². The number of likely N-dealkylation sites (tertiary alicyclic amines) is 1. The first-order valence-electron chi connectivity index (χ1n) is 11.0. The molecule has 2 aromatic rings. The number of rotatable bonds is 5. The molecule has 0 aromatic heterocycles. The summed E-state index contributed by atoms with van der Waals surface area (Å²) in [6, 6.07) is 5.51. The normalized spacial score (nSPS) is 24.2. The Kier molecular flexibility index (Phi) is 6.98. The van der Waals surface area contributed by atoms with Crippen LogP contribution in [0.15, 0.2) is 36.4 Å². The quantitative estimate of drug-likeness (QED) is 0.632. The van der Waals surface area contributed by atoms with E-state index in [1.54, 1.807) is 6.92 Å². The van der Waals surface area contributed by atoms with Gasteiger partial charge in [0, 0.05) is 17.7 Å². The van der Waals surface area contributed by atoms with Crippen molar-refractivity contribution in [3.8, 4) is 11.1 Å². The molecule has 1 spiro atoms. The molecule has 0 radical (unpaired) electrons. The number of hydrogen-bond acceptors (Lipinski definition) is 4. The van der Waals surface area contributed by atoms with Crippen LogP contribution in [0.25, 0.3) is 11.1 Å². The highest BCUT2D eigenvalue weighted by Gasteiger charge is 2.55. The molecule has 0 bridgehead atoms. The first kappa shape index (κ1) is 24.9. The number of morpholine rings is 1. The molecule has 2 fully saturated rings. The number of carbonyl (C=O) groups is 2. The fraction of sp³-hybridized carbons (Fsp3) is 0.417. The standard InChI is InChI=1S/C24H23F5N2O4/c1-13-9-24(12-34-11-21(32)30-24)19(31(13)23(33)35-10-20(27)28)7-14-3-2-4-18(22(14)29)15-5-16(25)8-17(26)6-15/h2-6,8,13,19-20H,7,9-12H2,1H3,(H,30,32)/t13-,19+,24-/m1/s1. The molecule has 6 nitrogen and oxygen atoms in total. The molecule has 188 valence electrons. The average Bonchev–Trinajstić information content (AvgIpc) is 3.02. The third-order valence-corrected chi connectivity index (χ3v) is 6.30. The Labute approximate surface area is 198 Å². The molecular weight excluding hydrogens is 475 g/mol. The van der Waals surface area contributed by atoms with Crippen molar-refractivity contribution in [3.63, 3.8) is 0 Å². The Morgan fingerprint density at radius 3 is 2.60 bits per heavy atom. The van der Waals surface area contributed by atoms with Gasteiger partial charge in [-0.3, -0.25) is 9.69 Å². The number of carbonyl (C=O) groups excluding carboxylic acids is 2. The highest BCUT2D eigenvalue weighted by Crippen LogP contribution is 2.39. The van der Waals surface area contributed by atoms with Crippen LogP contribution in [0.1, 0.15) is 18.9 Å². The maximum Gasteiger partial charge on any atom is 0.410 e. The van der Waals surface area contributed by atoms with Gasteiger partial charge in [-0.25, -0.2) is 26.7 Å². The predicted octanol–water partition coefficient (Wildman–Crippen LogP) is 4.06. The lowest BCUT2D eigenvalue weighted by Crippen LogP contribution is -2.64. The van der Waals surface area contributed by atoms with Crippen molar-refractivity contribution in [1.29, 1.82) is 0 Å². The van der Waals surface area contributed by atoms with Gasteiger partial charge < -0.3 is 14.8 Å². The van der Waals surface area contributed by atoms with Gasteiger partial charge in [0.25, 0.3) is 6.43 Å². The third-order valence-electron chi connectivity index (χ3n) is 6.30. The van der Waals surface area contributed by atoms with Gasteiger partial charge in [-0.2, -0.15) is 0 Å². The Bertz CT molecular complexity index is 1110. The topological polar surface area (TPSA) is 67.9 Å². The number of halogens is 5. The van der Waals surface area contributed by atoms with E-state index in [2.05, 4.69) is 5.32 Å². The second kappa shape index (κ2) is 9.80. The Morgan fingerprint density at radius 2 is 1.94 bits per heavy atom. The summed E-state index contributed by atoms with van der Waals surface area (Å²) in [5.74, 6) is -2.94. The van der Waals surface area contributed by atoms with E-state index in [-0.39, 0.29) is 42.7 Å². The molecule has 2 aliphatic heterocycles. The van der Waals surface area contributed by atoms with Gasteiger partial charge >= 0.3 is 6.09 Å². The number of amides is 2. The van der Waals surface area contributed by atoms with E-state index in [4.69, 9.17) is 9.47 Å². The van der Waals surface area contributed by atoms with Crippen LogP contribution in [0, 0.1) is 17.5 Å². The lowest BCUT2D eigenvalue weighted by molar-refractivity contribution is -0.136. The summed E-state index contributed by atoms with van der Waals surface area (Å²) in [5, 5.41) is 2.84. The zero-order chi connectivity index (χ0) is 25.3. The highest BCUT2D eigenvalue weighted by atomic mass is 19.3. The first-order valence-corrected chi connectivity index (χ1v) is 11.0. The summed E-state index contributed by atoms with van der Waals surface area (Å²) in [6.07, 6.45) is -3.82. The van der Waals surface area contributed by atoms with Crippen molar-refractivity contribution in [2.24, 2.45) is 0 Å². The van der Waals surface area contributed by atoms with Crippen LogP contribution in [0.2, 0.25) is 0 Å². The first-order chi connectivity index (χ1) is 16.6. The fourth-order valence-electron chi connectivity index (χ4n) is 4.99. The van der Waals surface area contributed by atoms with E-state index in [0.717, 1.165) is 12.1 Å². The number of alkyl halides is 2. The van der Waals surface area contributed by atoms with Gasteiger partial charge in [-0.1, -0.05) is 18.2 Å². The lowest BCUT2D eigenvalue weighted by Gasteiger charge is -2.40. The minimum Gasteiger partial charge on any atom is -0.443 e. The Hall–Kier alpha value is -3.21. The smallest absolute Gasteiger partial charge is 0.410 e. The number of nitrogens with one attached hydrogen (secondary N) is 1. The monoisotopic (exact) mass is 498 g/mol. The van der Waals surface area contributed by atoms with Crippen LogP contribution in [-0.4, -0.2) is 60.8 Å². The maximum absolute atomic E-state index is 15.6. The van der Waals surface area contributed by atoms with E-state index >= 15 is 4.39 Å². The Morgan fingerprint density at radius 1 is 1.23 bits per heavy atom. The fourth-order valence-corrected chi connectivity index (χ4v) is 4.99. The molecule has 11 heteroatoms. The third kappa shape index (κ3) is 5.09. The molecule has 2 heterocycles. The van der Waals surface area contributed by atoms with Crippen LogP contribution in [0.3, 0.4) is 0 Å². The summed E-state index contributed by atoms with van der Waals surface area (Å²) in [5.41, 5.74) is -1.08. The van der Waals surface area contributed by atoms with Crippen LogP contribution in [-0.2, 0) is 20.7 Å². The van der Waals surface area contributed by atoms with Crippen molar-refractivity contribution >= 4 is 12.0 Å². The lowest BCUT2D eigenvalue weighted by atomic mass is 9.84. The van der Waals surface area contributed by atoms with Crippen molar-refractivity contribution in [2.45, 2.75) is 43.8 Å². The van der Waals surface area contributed by atoms with E-state index in [1.807, 2.05) is 0 Å². The van der Waals surface area contributed by atoms with Crippen LogP contribution >= 0.6 is 0 Å². The number of hydrogen-bond donors (Lipinski definition) is 1. The van der Waals surface area contributed by atoms with Crippen LogP contribution in [0.4, 0.5) is 26.7 Å². The molecule has 2 amide bonds. The SMILES string of the molecule is C[C@@H]1C[C@@]2(COCC(=O)N2)[C@H](Cc2cccc(-c3cc(F)cc(F)c3)c2F)N1C(=O)OCC(F)F. The van der Waals surface area contributed by atoms with Crippen LogP contribution < -0.4 is 5.32 Å². The molecule has 2 saturated heterocycles. The van der Waals surface area contributed by atoms with E-state index in [1.165, 1.54) is 23.1 Å².